The molecule has 1 heterocycles. The predicted molar refractivity (Wildman–Crippen MR) is 85.4 cm³/mol. The van der Waals surface area contributed by atoms with Crippen LogP contribution in [0.5, 0.6) is 5.75 Å². The van der Waals surface area contributed by atoms with Gasteiger partial charge in [0, 0.05) is 18.0 Å². The van der Waals surface area contributed by atoms with E-state index in [0.29, 0.717) is 11.3 Å². The van der Waals surface area contributed by atoms with Crippen molar-refractivity contribution in [3.8, 4) is 5.75 Å². The number of aryl methyl sites for hydroxylation is 1. The Morgan fingerprint density at radius 3 is 2.91 bits per heavy atom. The molecule has 0 aliphatic heterocycles. The molecule has 2 aromatic rings. The third-order valence-corrected chi connectivity index (χ3v) is 3.26. The number of halogens is 1. The highest BCUT2D eigenvalue weighted by Gasteiger charge is 2.08. The van der Waals surface area contributed by atoms with Gasteiger partial charge in [-0.3, -0.25) is 4.98 Å². The number of ether oxygens (including phenoxy) is 1. The zero-order valence-corrected chi connectivity index (χ0v) is 13.4. The fraction of sp³-hybridized carbons (Fsp3) is 0.133. The first-order valence-corrected chi connectivity index (χ1v) is 7.18. The molecule has 0 aliphatic rings. The molecule has 0 radical (unpaired) electrons. The summed E-state index contributed by atoms with van der Waals surface area (Å²) in [5.74, 6) is -0.0379. The summed E-state index contributed by atoms with van der Waals surface area (Å²) < 4.78 is 6.11. The molecule has 0 spiro atoms. The molecule has 1 aromatic carbocycles. The number of rotatable bonds is 5. The van der Waals surface area contributed by atoms with E-state index in [0.717, 1.165) is 10.0 Å². The Hall–Kier alpha value is -2.41. The summed E-state index contributed by atoms with van der Waals surface area (Å²) in [4.78, 5) is 20.2. The monoisotopic (exact) mass is 363 g/mol. The molecule has 114 valence electrons. The lowest BCUT2D eigenvalue weighted by atomic mass is 10.2. The molecule has 0 amide bonds. The Morgan fingerprint density at radius 2 is 2.23 bits per heavy atom. The average molecular weight is 364 g/mol. The summed E-state index contributed by atoms with van der Waals surface area (Å²) in [5.41, 5.74) is 7.32. The molecule has 0 unspecified atom stereocenters. The molecular weight excluding hydrogens is 350 g/mol. The molecule has 0 saturated carbocycles. The molecule has 0 atom stereocenters. The van der Waals surface area contributed by atoms with Crippen LogP contribution in [-0.4, -0.2) is 23.4 Å². The lowest BCUT2D eigenvalue weighted by Gasteiger charge is -2.07. The van der Waals surface area contributed by atoms with E-state index in [9.17, 15) is 4.79 Å². The van der Waals surface area contributed by atoms with Crippen LogP contribution < -0.4 is 10.5 Å². The van der Waals surface area contributed by atoms with Crippen LogP contribution in [0.1, 0.15) is 11.1 Å². The minimum absolute atomic E-state index is 0.0676. The second-order valence-corrected chi connectivity index (χ2v) is 5.26. The van der Waals surface area contributed by atoms with Crippen molar-refractivity contribution in [2.75, 3.05) is 6.61 Å². The minimum atomic E-state index is -0.653. The molecule has 6 nitrogen and oxygen atoms in total. The van der Waals surface area contributed by atoms with E-state index >= 15 is 0 Å². The number of nitrogens with zero attached hydrogens (tertiary/aromatic N) is 2. The highest BCUT2D eigenvalue weighted by Crippen LogP contribution is 2.25. The fourth-order valence-corrected chi connectivity index (χ4v) is 2.16. The van der Waals surface area contributed by atoms with Gasteiger partial charge in [0.25, 0.3) is 0 Å². The third-order valence-electron chi connectivity index (χ3n) is 2.64. The zero-order chi connectivity index (χ0) is 15.9. The average Bonchev–Trinajstić information content (AvgIpc) is 2.52. The van der Waals surface area contributed by atoms with Crippen molar-refractivity contribution in [3.05, 3.63) is 58.3 Å². The molecular formula is C15H14BrN3O3. The first-order chi connectivity index (χ1) is 10.6. The van der Waals surface area contributed by atoms with E-state index < -0.39 is 5.97 Å². The van der Waals surface area contributed by atoms with Gasteiger partial charge in [0.05, 0.1) is 4.47 Å². The number of pyridine rings is 1. The van der Waals surface area contributed by atoms with Gasteiger partial charge in [-0.1, -0.05) is 11.2 Å². The maximum Gasteiger partial charge on any atom is 0.372 e. The largest absolute Gasteiger partial charge is 0.481 e. The van der Waals surface area contributed by atoms with Crippen LogP contribution in [0, 0.1) is 6.92 Å². The van der Waals surface area contributed by atoms with E-state index in [-0.39, 0.29) is 12.4 Å². The van der Waals surface area contributed by atoms with Crippen LogP contribution in [0.25, 0.3) is 0 Å². The second kappa shape index (κ2) is 7.56. The Morgan fingerprint density at radius 1 is 1.41 bits per heavy atom. The lowest BCUT2D eigenvalue weighted by Crippen LogP contribution is -2.18. The summed E-state index contributed by atoms with van der Waals surface area (Å²) in [6.07, 6.45) is 3.13. The molecule has 22 heavy (non-hydrogen) atoms. The summed E-state index contributed by atoms with van der Waals surface area (Å²) in [6, 6.07) is 8.94. The molecule has 0 aliphatic carbocycles. The van der Waals surface area contributed by atoms with Crippen molar-refractivity contribution >= 4 is 27.7 Å². The topological polar surface area (TPSA) is 86.8 Å². The number of aromatic nitrogens is 1. The zero-order valence-electron chi connectivity index (χ0n) is 11.8. The molecule has 2 N–H and O–H groups in total. The Kier molecular flexibility index (Phi) is 5.48. The van der Waals surface area contributed by atoms with Crippen molar-refractivity contribution in [2.45, 2.75) is 6.92 Å². The molecule has 0 fully saturated rings. The van der Waals surface area contributed by atoms with Gasteiger partial charge in [-0.2, -0.15) is 0 Å². The van der Waals surface area contributed by atoms with E-state index in [1.165, 1.54) is 6.20 Å². The smallest absolute Gasteiger partial charge is 0.372 e. The molecule has 7 heteroatoms. The Balaban J connectivity index is 1.88. The highest BCUT2D eigenvalue weighted by atomic mass is 79.9. The number of amidine groups is 1. The SMILES string of the molecule is Cc1ccc(OCC(=O)ON=C(N)c2cccnc2)c(Br)c1. The van der Waals surface area contributed by atoms with Crippen molar-refractivity contribution in [3.63, 3.8) is 0 Å². The first kappa shape index (κ1) is 16.0. The quantitative estimate of drug-likeness (QED) is 0.381. The van der Waals surface area contributed by atoms with E-state index in [2.05, 4.69) is 26.1 Å². The third kappa shape index (κ3) is 4.56. The number of carbonyl (C=O) groups is 1. The van der Waals surface area contributed by atoms with Crippen LogP contribution in [-0.2, 0) is 9.63 Å². The van der Waals surface area contributed by atoms with Crippen molar-refractivity contribution in [1.82, 2.24) is 4.98 Å². The molecule has 2 rings (SSSR count). The van der Waals surface area contributed by atoms with Crippen LogP contribution in [0.3, 0.4) is 0 Å². The molecule has 1 aromatic heterocycles. The van der Waals surface area contributed by atoms with Crippen LogP contribution >= 0.6 is 15.9 Å². The summed E-state index contributed by atoms with van der Waals surface area (Å²) in [7, 11) is 0. The van der Waals surface area contributed by atoms with Gasteiger partial charge in [-0.05, 0) is 52.7 Å². The lowest BCUT2D eigenvalue weighted by molar-refractivity contribution is -0.146. The van der Waals surface area contributed by atoms with Crippen molar-refractivity contribution in [1.29, 1.82) is 0 Å². The van der Waals surface area contributed by atoms with Gasteiger partial charge in [-0.15, -0.1) is 0 Å². The minimum Gasteiger partial charge on any atom is -0.481 e. The van der Waals surface area contributed by atoms with Gasteiger partial charge in [0.1, 0.15) is 5.75 Å². The number of carbonyl (C=O) groups excluding carboxylic acids is 1. The normalized spacial score (nSPS) is 11.1. The first-order valence-electron chi connectivity index (χ1n) is 6.39. The van der Waals surface area contributed by atoms with Gasteiger partial charge in [0.15, 0.2) is 12.4 Å². The highest BCUT2D eigenvalue weighted by molar-refractivity contribution is 9.10. The fourth-order valence-electron chi connectivity index (χ4n) is 1.55. The summed E-state index contributed by atoms with van der Waals surface area (Å²) >= 11 is 3.36. The van der Waals surface area contributed by atoms with Crippen LogP contribution in [0.15, 0.2) is 52.4 Å². The van der Waals surface area contributed by atoms with E-state index in [4.69, 9.17) is 15.3 Å². The summed E-state index contributed by atoms with van der Waals surface area (Å²) in [6.45, 7) is 1.68. The molecule has 0 bridgehead atoms. The van der Waals surface area contributed by atoms with E-state index in [1.807, 2.05) is 19.1 Å². The van der Waals surface area contributed by atoms with Gasteiger partial charge in [-0.25, -0.2) is 4.79 Å². The van der Waals surface area contributed by atoms with E-state index in [1.54, 1.807) is 24.4 Å². The number of nitrogens with two attached hydrogens (primary N) is 1. The summed E-state index contributed by atoms with van der Waals surface area (Å²) in [5, 5.41) is 3.56. The van der Waals surface area contributed by atoms with Gasteiger partial charge >= 0.3 is 5.97 Å². The van der Waals surface area contributed by atoms with Crippen LogP contribution in [0.2, 0.25) is 0 Å². The van der Waals surface area contributed by atoms with Crippen molar-refractivity contribution in [2.24, 2.45) is 10.9 Å². The Bertz CT molecular complexity index is 690. The maximum atomic E-state index is 11.6. The number of benzene rings is 1. The maximum absolute atomic E-state index is 11.6. The Labute approximate surface area is 136 Å². The van der Waals surface area contributed by atoms with Crippen molar-refractivity contribution < 1.29 is 14.4 Å². The van der Waals surface area contributed by atoms with Gasteiger partial charge < -0.3 is 15.3 Å². The number of hydrogen-bond acceptors (Lipinski definition) is 5. The predicted octanol–water partition coefficient (Wildman–Crippen LogP) is 2.40. The second-order valence-electron chi connectivity index (χ2n) is 4.40. The number of oxime groups is 1. The van der Waals surface area contributed by atoms with Gasteiger partial charge in [0.2, 0.25) is 0 Å². The number of hydrogen-bond donors (Lipinski definition) is 1. The van der Waals surface area contributed by atoms with Crippen LogP contribution in [0.4, 0.5) is 0 Å². The standard InChI is InChI=1S/C15H14BrN3O3/c1-10-4-5-13(12(16)7-10)21-9-14(20)22-19-15(17)11-3-2-6-18-8-11/h2-8H,9H2,1H3,(H2,17,19). The molecule has 0 saturated heterocycles.